The fraction of sp³-hybridized carbons (Fsp3) is 0.412. The Kier molecular flexibility index (Phi) is 4.47. The number of nitrogens with zero attached hydrogens (tertiary/aromatic N) is 4. The SMILES string of the molecule is Cc1nc2sc(C(c3ccccc3OC(F)(F)F)N3CCCC3)c(O)n2n1. The van der Waals surface area contributed by atoms with Crippen LogP contribution in [0, 0.1) is 6.92 Å². The van der Waals surface area contributed by atoms with Crippen molar-refractivity contribution in [3.05, 3.63) is 40.5 Å². The Morgan fingerprint density at radius 1 is 1.22 bits per heavy atom. The van der Waals surface area contributed by atoms with Crippen LogP contribution in [0.5, 0.6) is 11.6 Å². The van der Waals surface area contributed by atoms with Crippen molar-refractivity contribution in [3.63, 3.8) is 0 Å². The molecule has 0 aliphatic carbocycles. The number of likely N-dealkylation sites (tertiary alicyclic amines) is 1. The number of para-hydroxylation sites is 1. The van der Waals surface area contributed by atoms with Gasteiger partial charge in [0.1, 0.15) is 11.6 Å². The van der Waals surface area contributed by atoms with Crippen LogP contribution in [0.4, 0.5) is 13.2 Å². The molecule has 1 N–H and O–H groups in total. The Morgan fingerprint density at radius 2 is 1.93 bits per heavy atom. The average Bonchev–Trinajstić information content (AvgIpc) is 3.29. The van der Waals surface area contributed by atoms with E-state index in [9.17, 15) is 18.3 Å². The van der Waals surface area contributed by atoms with Gasteiger partial charge in [0, 0.05) is 5.56 Å². The number of benzene rings is 1. The Bertz CT molecular complexity index is 963. The van der Waals surface area contributed by atoms with Gasteiger partial charge in [-0.1, -0.05) is 29.5 Å². The summed E-state index contributed by atoms with van der Waals surface area (Å²) in [7, 11) is 0. The molecule has 0 amide bonds. The highest BCUT2D eigenvalue weighted by Crippen LogP contribution is 2.44. The van der Waals surface area contributed by atoms with Gasteiger partial charge >= 0.3 is 6.36 Å². The highest BCUT2D eigenvalue weighted by Gasteiger charge is 2.36. The largest absolute Gasteiger partial charge is 0.573 e. The molecule has 10 heteroatoms. The van der Waals surface area contributed by atoms with Crippen molar-refractivity contribution in [3.8, 4) is 11.6 Å². The molecule has 3 aromatic rings. The molecule has 0 saturated carbocycles. The van der Waals surface area contributed by atoms with Gasteiger partial charge in [0.05, 0.1) is 10.9 Å². The van der Waals surface area contributed by atoms with E-state index < -0.39 is 12.4 Å². The standard InChI is InChI=1S/C17H17F3N4O2S/c1-10-21-16-24(22-10)15(25)14(27-16)13(23-8-4-5-9-23)11-6-2-3-7-12(11)26-17(18,19)20/h2-3,6-7,13,25H,4-5,8-9H2,1H3. The first kappa shape index (κ1) is 18.1. The van der Waals surface area contributed by atoms with E-state index in [-0.39, 0.29) is 11.6 Å². The molecule has 1 saturated heterocycles. The maximum absolute atomic E-state index is 12.9. The fourth-order valence-electron chi connectivity index (χ4n) is 3.45. The van der Waals surface area contributed by atoms with E-state index in [1.54, 1.807) is 19.1 Å². The van der Waals surface area contributed by atoms with Gasteiger partial charge in [-0.2, -0.15) is 4.52 Å². The van der Waals surface area contributed by atoms with Crippen LogP contribution in [0.25, 0.3) is 4.96 Å². The van der Waals surface area contributed by atoms with Crippen LogP contribution in [0.1, 0.15) is 35.1 Å². The van der Waals surface area contributed by atoms with Gasteiger partial charge in [-0.3, -0.25) is 4.90 Å². The number of hydrogen-bond donors (Lipinski definition) is 1. The zero-order valence-electron chi connectivity index (χ0n) is 14.4. The molecule has 1 unspecified atom stereocenters. The van der Waals surface area contributed by atoms with Gasteiger partial charge in [-0.15, -0.1) is 18.3 Å². The van der Waals surface area contributed by atoms with Gasteiger partial charge < -0.3 is 9.84 Å². The van der Waals surface area contributed by atoms with Crippen LogP contribution in [0.3, 0.4) is 0 Å². The number of halogens is 3. The molecule has 1 aliphatic rings. The first-order valence-corrected chi connectivity index (χ1v) is 9.29. The second-order valence-corrected chi connectivity index (χ2v) is 7.38. The minimum Gasteiger partial charge on any atom is -0.492 e. The van der Waals surface area contributed by atoms with Crippen LogP contribution in [-0.4, -0.2) is 44.1 Å². The second-order valence-electron chi connectivity index (χ2n) is 6.37. The predicted octanol–water partition coefficient (Wildman–Crippen LogP) is 3.89. The third-order valence-electron chi connectivity index (χ3n) is 4.50. The Hall–Kier alpha value is -2.33. The molecular formula is C17H17F3N4O2S. The first-order valence-electron chi connectivity index (χ1n) is 8.47. The lowest BCUT2D eigenvalue weighted by atomic mass is 10.0. The van der Waals surface area contributed by atoms with Gasteiger partial charge in [0.2, 0.25) is 10.8 Å². The van der Waals surface area contributed by atoms with Crippen molar-refractivity contribution in [1.29, 1.82) is 0 Å². The highest BCUT2D eigenvalue weighted by molar-refractivity contribution is 7.17. The number of fused-ring (bicyclic) bond motifs is 1. The molecule has 6 nitrogen and oxygen atoms in total. The smallest absolute Gasteiger partial charge is 0.492 e. The Labute approximate surface area is 156 Å². The van der Waals surface area contributed by atoms with Crippen molar-refractivity contribution in [2.45, 2.75) is 32.2 Å². The highest BCUT2D eigenvalue weighted by atomic mass is 32.1. The number of rotatable bonds is 4. The van der Waals surface area contributed by atoms with Gasteiger partial charge in [-0.05, 0) is 38.9 Å². The van der Waals surface area contributed by atoms with Crippen molar-refractivity contribution in [2.24, 2.45) is 0 Å². The fourth-order valence-corrected chi connectivity index (χ4v) is 4.61. The molecule has 144 valence electrons. The van der Waals surface area contributed by atoms with Crippen molar-refractivity contribution in [1.82, 2.24) is 19.5 Å². The first-order chi connectivity index (χ1) is 12.8. The summed E-state index contributed by atoms with van der Waals surface area (Å²) >= 11 is 1.22. The van der Waals surface area contributed by atoms with Crippen LogP contribution in [0.15, 0.2) is 24.3 Å². The van der Waals surface area contributed by atoms with Gasteiger partial charge in [-0.25, -0.2) is 4.98 Å². The lowest BCUT2D eigenvalue weighted by Crippen LogP contribution is -2.27. The number of thiazole rings is 1. The van der Waals surface area contributed by atoms with E-state index in [1.165, 1.54) is 28.0 Å². The summed E-state index contributed by atoms with van der Waals surface area (Å²) in [4.78, 5) is 7.32. The summed E-state index contributed by atoms with van der Waals surface area (Å²) in [6.45, 7) is 3.15. The number of aromatic nitrogens is 3. The zero-order valence-corrected chi connectivity index (χ0v) is 15.2. The minimum absolute atomic E-state index is 0.102. The predicted molar refractivity (Wildman–Crippen MR) is 93.0 cm³/mol. The van der Waals surface area contributed by atoms with Gasteiger partial charge in [0.15, 0.2) is 0 Å². The summed E-state index contributed by atoms with van der Waals surface area (Å²) in [5, 5.41) is 14.9. The monoisotopic (exact) mass is 398 g/mol. The van der Waals surface area contributed by atoms with Gasteiger partial charge in [0.25, 0.3) is 0 Å². The number of hydrogen-bond acceptors (Lipinski definition) is 6. The summed E-state index contributed by atoms with van der Waals surface area (Å²) in [5.41, 5.74) is 0.355. The molecule has 2 aromatic heterocycles. The van der Waals surface area contributed by atoms with E-state index in [0.29, 0.717) is 21.2 Å². The Morgan fingerprint density at radius 3 is 2.59 bits per heavy atom. The molecule has 27 heavy (non-hydrogen) atoms. The van der Waals surface area contributed by atoms with E-state index in [0.717, 1.165) is 25.9 Å². The number of alkyl halides is 3. The number of ether oxygens (including phenoxy) is 1. The normalized spacial score (nSPS) is 16.9. The van der Waals surface area contributed by atoms with E-state index in [2.05, 4.69) is 19.7 Å². The molecule has 1 aromatic carbocycles. The molecule has 1 atom stereocenters. The topological polar surface area (TPSA) is 62.9 Å². The number of aromatic hydroxyl groups is 1. The van der Waals surface area contributed by atoms with Crippen LogP contribution >= 0.6 is 11.3 Å². The minimum atomic E-state index is -4.80. The van der Waals surface area contributed by atoms with E-state index in [1.807, 2.05) is 0 Å². The molecule has 0 bridgehead atoms. The molecule has 3 heterocycles. The molecule has 0 spiro atoms. The summed E-state index contributed by atoms with van der Waals surface area (Å²) in [6, 6.07) is 5.49. The zero-order chi connectivity index (χ0) is 19.2. The average molecular weight is 398 g/mol. The quantitative estimate of drug-likeness (QED) is 0.723. The third-order valence-corrected chi connectivity index (χ3v) is 5.57. The molecule has 0 radical (unpaired) electrons. The number of aryl methyl sites for hydroxylation is 1. The van der Waals surface area contributed by atoms with Crippen molar-refractivity contribution >= 4 is 16.3 Å². The summed E-state index contributed by atoms with van der Waals surface area (Å²) < 4.78 is 44.3. The van der Waals surface area contributed by atoms with Crippen molar-refractivity contribution < 1.29 is 23.0 Å². The third kappa shape index (κ3) is 3.46. The molecule has 1 fully saturated rings. The lowest BCUT2D eigenvalue weighted by molar-refractivity contribution is -0.275. The lowest BCUT2D eigenvalue weighted by Gasteiger charge is -2.28. The second kappa shape index (κ2) is 6.68. The molecule has 4 rings (SSSR count). The van der Waals surface area contributed by atoms with Crippen LogP contribution in [-0.2, 0) is 0 Å². The molecule has 1 aliphatic heterocycles. The maximum Gasteiger partial charge on any atom is 0.573 e. The van der Waals surface area contributed by atoms with E-state index in [4.69, 9.17) is 0 Å². The maximum atomic E-state index is 12.9. The van der Waals surface area contributed by atoms with E-state index >= 15 is 0 Å². The Balaban J connectivity index is 1.85. The summed E-state index contributed by atoms with van der Waals surface area (Å²) in [6.07, 6.45) is -2.91. The van der Waals surface area contributed by atoms with Crippen LogP contribution < -0.4 is 4.74 Å². The summed E-state index contributed by atoms with van der Waals surface area (Å²) in [5.74, 6) is 0.146. The van der Waals surface area contributed by atoms with Crippen LogP contribution in [0.2, 0.25) is 0 Å². The molecular weight excluding hydrogens is 381 g/mol. The van der Waals surface area contributed by atoms with Crippen molar-refractivity contribution in [2.75, 3.05) is 13.1 Å².